The van der Waals surface area contributed by atoms with Crippen molar-refractivity contribution in [2.24, 2.45) is 5.92 Å². The fourth-order valence-corrected chi connectivity index (χ4v) is 3.98. The van der Waals surface area contributed by atoms with Gasteiger partial charge < -0.3 is 15.0 Å². The highest BCUT2D eigenvalue weighted by molar-refractivity contribution is 6.39. The number of anilines is 2. The number of pyridine rings is 2. The monoisotopic (exact) mass is 521 g/mol. The zero-order valence-electron chi connectivity index (χ0n) is 21.3. The summed E-state index contributed by atoms with van der Waals surface area (Å²) < 4.78 is 43.9. The predicted octanol–water partition coefficient (Wildman–Crippen LogP) is 5.09. The summed E-state index contributed by atoms with van der Waals surface area (Å²) in [4.78, 5) is 46.9. The van der Waals surface area contributed by atoms with Gasteiger partial charge in [-0.1, -0.05) is 13.0 Å². The van der Waals surface area contributed by atoms with Gasteiger partial charge in [0.15, 0.2) is 0 Å². The summed E-state index contributed by atoms with van der Waals surface area (Å²) in [5.41, 5.74) is -0.522. The first-order chi connectivity index (χ1) is 17.1. The zero-order chi connectivity index (χ0) is 27.5. The third-order valence-corrected chi connectivity index (χ3v) is 5.69. The average Bonchev–Trinajstić information content (AvgIpc) is 2.78. The molecule has 1 aliphatic heterocycles. The van der Waals surface area contributed by atoms with Crippen LogP contribution >= 0.6 is 0 Å². The topological polar surface area (TPSA) is 114 Å². The van der Waals surface area contributed by atoms with Crippen molar-refractivity contribution < 1.29 is 32.3 Å². The summed E-state index contributed by atoms with van der Waals surface area (Å²) in [6, 6.07) is 3.13. The molecule has 2 unspecified atom stereocenters. The second-order valence-electron chi connectivity index (χ2n) is 10.1. The molecule has 0 aromatic carbocycles. The van der Waals surface area contributed by atoms with E-state index in [1.54, 1.807) is 33.8 Å². The molecule has 3 heterocycles. The van der Waals surface area contributed by atoms with Crippen molar-refractivity contribution in [1.82, 2.24) is 14.9 Å². The second-order valence-corrected chi connectivity index (χ2v) is 10.1. The number of nitrogens with zero attached hydrogens (tertiary/aromatic N) is 3. The summed E-state index contributed by atoms with van der Waals surface area (Å²) in [7, 11) is 0. The Labute approximate surface area is 212 Å². The van der Waals surface area contributed by atoms with E-state index in [0.717, 1.165) is 18.7 Å². The first-order valence-electron chi connectivity index (χ1n) is 11.8. The van der Waals surface area contributed by atoms with Crippen molar-refractivity contribution in [1.29, 1.82) is 0 Å². The number of nitrogens with one attached hydrogen (secondary N) is 2. The van der Waals surface area contributed by atoms with Crippen LogP contribution in [0, 0.1) is 12.8 Å². The van der Waals surface area contributed by atoms with Gasteiger partial charge in [-0.25, -0.2) is 9.78 Å². The van der Waals surface area contributed by atoms with Gasteiger partial charge in [0.05, 0.1) is 17.9 Å². The maximum atomic E-state index is 13.1. The fourth-order valence-electron chi connectivity index (χ4n) is 3.98. The number of aromatic nitrogens is 2. The Bertz CT molecular complexity index is 1160. The normalized spacial score (nSPS) is 18.2. The minimum Gasteiger partial charge on any atom is -0.444 e. The number of hydrogen-bond donors (Lipinski definition) is 2. The first-order valence-corrected chi connectivity index (χ1v) is 11.8. The van der Waals surface area contributed by atoms with E-state index >= 15 is 0 Å². The zero-order valence-corrected chi connectivity index (χ0v) is 21.3. The lowest BCUT2D eigenvalue weighted by atomic mass is 9.90. The first kappa shape index (κ1) is 27.9. The second kappa shape index (κ2) is 10.7. The molecule has 200 valence electrons. The van der Waals surface area contributed by atoms with Gasteiger partial charge in [-0.15, -0.1) is 0 Å². The minimum absolute atomic E-state index is 0.109. The van der Waals surface area contributed by atoms with Crippen molar-refractivity contribution >= 4 is 29.4 Å². The van der Waals surface area contributed by atoms with Crippen LogP contribution in [-0.2, 0) is 20.5 Å². The summed E-state index contributed by atoms with van der Waals surface area (Å²) in [5.74, 6) is -1.38. The number of halogens is 3. The maximum Gasteiger partial charge on any atom is 0.433 e. The number of likely N-dealkylation sites (tertiary alicyclic amines) is 1. The highest BCUT2D eigenvalue weighted by Crippen LogP contribution is 2.35. The molecule has 0 bridgehead atoms. The lowest BCUT2D eigenvalue weighted by molar-refractivity contribution is -0.146. The number of aryl methyl sites for hydroxylation is 1. The van der Waals surface area contributed by atoms with Gasteiger partial charge in [0.25, 0.3) is 0 Å². The molecule has 3 rings (SSSR count). The van der Waals surface area contributed by atoms with Crippen LogP contribution in [0.5, 0.6) is 0 Å². The quantitative estimate of drug-likeness (QED) is 0.544. The van der Waals surface area contributed by atoms with E-state index in [0.29, 0.717) is 17.5 Å². The van der Waals surface area contributed by atoms with Crippen LogP contribution in [0.2, 0.25) is 0 Å². The number of hydrogen-bond acceptors (Lipinski definition) is 6. The number of rotatable bonds is 3. The lowest BCUT2D eigenvalue weighted by Crippen LogP contribution is -2.46. The Kier molecular flexibility index (Phi) is 8.09. The van der Waals surface area contributed by atoms with Gasteiger partial charge in [0, 0.05) is 12.7 Å². The number of amides is 3. The largest absolute Gasteiger partial charge is 0.444 e. The van der Waals surface area contributed by atoms with Crippen molar-refractivity contribution in [2.45, 2.75) is 65.3 Å². The molecule has 9 nitrogen and oxygen atoms in total. The van der Waals surface area contributed by atoms with E-state index in [4.69, 9.17) is 4.74 Å². The number of carbonyl (C=O) groups excluding carboxylic acids is 3. The maximum absolute atomic E-state index is 13.1. The van der Waals surface area contributed by atoms with E-state index in [1.807, 2.05) is 6.92 Å². The molecule has 2 aromatic heterocycles. The number of carbonyl (C=O) groups is 3. The predicted molar refractivity (Wildman–Crippen MR) is 130 cm³/mol. The molecule has 2 atom stereocenters. The standard InChI is InChI=1S/C25H30F3N5O4/c1-14-6-8-18(16-7-9-19(29-11-16)25(26,27)28)33(13-14)22(35)21(34)31-17-10-15(2)20(30-12-17)32-23(36)37-24(3,4)5/h7,9-12,14,18H,6,8,13H2,1-5H3,(H,31,34)(H,30,32,36). The van der Waals surface area contributed by atoms with Crippen LogP contribution in [0.4, 0.5) is 29.5 Å². The molecule has 2 aromatic rings. The number of ether oxygens (including phenoxy) is 1. The lowest BCUT2D eigenvalue weighted by Gasteiger charge is -2.38. The summed E-state index contributed by atoms with van der Waals surface area (Å²) in [5, 5.41) is 5.04. The van der Waals surface area contributed by atoms with Gasteiger partial charge >= 0.3 is 24.1 Å². The summed E-state index contributed by atoms with van der Waals surface area (Å²) in [6.07, 6.45) is -1.63. The number of piperidine rings is 1. The SMILES string of the molecule is Cc1cc(NC(=O)C(=O)N2CC(C)CCC2c2ccc(C(F)(F)F)nc2)cnc1NC(=O)OC(C)(C)C. The third kappa shape index (κ3) is 7.40. The van der Waals surface area contributed by atoms with Gasteiger partial charge in [-0.2, -0.15) is 13.2 Å². The van der Waals surface area contributed by atoms with Crippen molar-refractivity contribution in [3.05, 3.63) is 47.4 Å². The molecule has 0 aliphatic carbocycles. The number of alkyl halides is 3. The molecule has 37 heavy (non-hydrogen) atoms. The molecule has 12 heteroatoms. The van der Waals surface area contributed by atoms with Crippen LogP contribution in [0.25, 0.3) is 0 Å². The molecule has 0 spiro atoms. The van der Waals surface area contributed by atoms with Crippen LogP contribution < -0.4 is 10.6 Å². The molecule has 1 saturated heterocycles. The molecular weight excluding hydrogens is 491 g/mol. The van der Waals surface area contributed by atoms with Gasteiger partial charge in [0.2, 0.25) is 0 Å². The molecule has 3 amide bonds. The molecule has 0 radical (unpaired) electrons. The van der Waals surface area contributed by atoms with Crippen LogP contribution in [0.15, 0.2) is 30.6 Å². The van der Waals surface area contributed by atoms with E-state index in [-0.39, 0.29) is 24.0 Å². The van der Waals surface area contributed by atoms with Gasteiger partial charge in [-0.3, -0.25) is 19.9 Å². The Hall–Kier alpha value is -3.70. The summed E-state index contributed by atoms with van der Waals surface area (Å²) in [6.45, 7) is 9.05. The highest BCUT2D eigenvalue weighted by atomic mass is 19.4. The van der Waals surface area contributed by atoms with Crippen LogP contribution in [0.1, 0.15) is 63.4 Å². The van der Waals surface area contributed by atoms with E-state index in [9.17, 15) is 27.6 Å². The van der Waals surface area contributed by atoms with Crippen LogP contribution in [0.3, 0.4) is 0 Å². The van der Waals surface area contributed by atoms with E-state index in [2.05, 4.69) is 20.6 Å². The molecular formula is C25H30F3N5O4. The average molecular weight is 522 g/mol. The molecule has 1 fully saturated rings. The smallest absolute Gasteiger partial charge is 0.433 e. The fraction of sp³-hybridized carbons (Fsp3) is 0.480. The Morgan fingerprint density at radius 3 is 2.32 bits per heavy atom. The van der Waals surface area contributed by atoms with Gasteiger partial charge in [0.1, 0.15) is 17.1 Å². The molecule has 2 N–H and O–H groups in total. The van der Waals surface area contributed by atoms with Crippen molar-refractivity contribution in [3.63, 3.8) is 0 Å². The Morgan fingerprint density at radius 2 is 1.76 bits per heavy atom. The van der Waals surface area contributed by atoms with Crippen LogP contribution in [-0.4, -0.2) is 44.9 Å². The molecule has 0 saturated carbocycles. The van der Waals surface area contributed by atoms with Crippen molar-refractivity contribution in [2.75, 3.05) is 17.2 Å². The minimum atomic E-state index is -4.57. The molecule has 1 aliphatic rings. The summed E-state index contributed by atoms with van der Waals surface area (Å²) >= 11 is 0. The van der Waals surface area contributed by atoms with Crippen molar-refractivity contribution in [3.8, 4) is 0 Å². The third-order valence-electron chi connectivity index (χ3n) is 5.69. The Balaban J connectivity index is 1.72. The van der Waals surface area contributed by atoms with Gasteiger partial charge in [-0.05, 0) is 69.7 Å². The van der Waals surface area contributed by atoms with E-state index in [1.165, 1.54) is 17.2 Å². The highest BCUT2D eigenvalue weighted by Gasteiger charge is 2.36. The van der Waals surface area contributed by atoms with E-state index < -0.39 is 41.4 Å². The Morgan fingerprint density at radius 1 is 1.05 bits per heavy atom.